The lowest BCUT2D eigenvalue weighted by Crippen LogP contribution is -2.45. The highest BCUT2D eigenvalue weighted by Crippen LogP contribution is 2.32. The number of hydrogen-bond donors (Lipinski definition) is 1. The van der Waals surface area contributed by atoms with Gasteiger partial charge >= 0.3 is 5.97 Å². The number of carbonyl (C=O) groups is 2. The first-order valence-electron chi connectivity index (χ1n) is 4.98. The third kappa shape index (κ3) is 2.47. The van der Waals surface area contributed by atoms with E-state index >= 15 is 0 Å². The average Bonchev–Trinajstić information content (AvgIpc) is 2.42. The largest absolute Gasteiger partial charge is 0.464 e. The zero-order valence-corrected chi connectivity index (χ0v) is 9.33. The fourth-order valence-corrected chi connectivity index (χ4v) is 1.89. The Morgan fingerprint density at radius 3 is 2.87 bits per heavy atom. The first-order valence-corrected chi connectivity index (χ1v) is 4.98. The van der Waals surface area contributed by atoms with E-state index in [-0.39, 0.29) is 11.9 Å². The number of ether oxygens (including phenoxy) is 2. The van der Waals surface area contributed by atoms with Crippen LogP contribution in [0, 0.1) is 5.41 Å². The molecule has 2 atom stereocenters. The number of nitrogens with one attached hydrogen (secondary N) is 1. The molecule has 2 unspecified atom stereocenters. The number of amides is 1. The number of hydrogen-bond acceptors (Lipinski definition) is 4. The molecule has 1 aliphatic rings. The molecule has 0 saturated carbocycles. The Labute approximate surface area is 89.1 Å². The van der Waals surface area contributed by atoms with Crippen molar-refractivity contribution in [2.45, 2.75) is 26.3 Å². The summed E-state index contributed by atoms with van der Waals surface area (Å²) < 4.78 is 9.94. The van der Waals surface area contributed by atoms with Crippen molar-refractivity contribution in [2.75, 3.05) is 20.3 Å². The van der Waals surface area contributed by atoms with Crippen molar-refractivity contribution in [1.82, 2.24) is 5.32 Å². The molecule has 0 aromatic heterocycles. The van der Waals surface area contributed by atoms with E-state index in [1.165, 1.54) is 0 Å². The van der Waals surface area contributed by atoms with Crippen molar-refractivity contribution in [2.24, 2.45) is 5.41 Å². The average molecular weight is 215 g/mol. The molecule has 0 aliphatic carbocycles. The Kier molecular flexibility index (Phi) is 3.68. The lowest BCUT2D eigenvalue weighted by atomic mass is 9.83. The van der Waals surface area contributed by atoms with Crippen LogP contribution in [-0.2, 0) is 19.1 Å². The molecule has 0 radical (unpaired) electrons. The summed E-state index contributed by atoms with van der Waals surface area (Å²) in [5.41, 5.74) is -0.502. The lowest BCUT2D eigenvalue weighted by molar-refractivity contribution is -0.149. The van der Waals surface area contributed by atoms with Crippen molar-refractivity contribution in [3.05, 3.63) is 0 Å². The molecule has 1 amide bonds. The van der Waals surface area contributed by atoms with Crippen LogP contribution in [0.1, 0.15) is 20.3 Å². The molecule has 1 N–H and O–H groups in total. The number of carbonyl (C=O) groups excluding carboxylic acids is 2. The molecular weight excluding hydrogens is 198 g/mol. The van der Waals surface area contributed by atoms with Gasteiger partial charge in [0.2, 0.25) is 5.91 Å². The second kappa shape index (κ2) is 4.61. The summed E-state index contributed by atoms with van der Waals surface area (Å²) in [5, 5.41) is 2.62. The summed E-state index contributed by atoms with van der Waals surface area (Å²) in [6.07, 6.45) is 0.296. The Balaban J connectivity index is 2.76. The molecule has 0 aromatic carbocycles. The number of rotatable bonds is 4. The number of methoxy groups -OCH3 is 1. The van der Waals surface area contributed by atoms with Crippen molar-refractivity contribution in [3.8, 4) is 0 Å². The van der Waals surface area contributed by atoms with Crippen LogP contribution in [-0.4, -0.2) is 38.2 Å². The van der Waals surface area contributed by atoms with Gasteiger partial charge in [-0.3, -0.25) is 4.79 Å². The van der Waals surface area contributed by atoms with E-state index in [0.29, 0.717) is 19.6 Å². The predicted octanol–water partition coefficient (Wildman–Crippen LogP) is 0.0907. The van der Waals surface area contributed by atoms with E-state index in [1.807, 2.05) is 6.92 Å². The molecule has 1 heterocycles. The lowest BCUT2D eigenvalue weighted by Gasteiger charge is -2.27. The zero-order valence-electron chi connectivity index (χ0n) is 9.33. The van der Waals surface area contributed by atoms with E-state index < -0.39 is 11.5 Å². The predicted molar refractivity (Wildman–Crippen MR) is 53.2 cm³/mol. The molecule has 5 heteroatoms. The summed E-state index contributed by atoms with van der Waals surface area (Å²) in [6, 6.07) is -0.593. The van der Waals surface area contributed by atoms with Gasteiger partial charge < -0.3 is 14.8 Å². The molecule has 1 aliphatic heterocycles. The molecule has 86 valence electrons. The maximum absolute atomic E-state index is 11.6. The van der Waals surface area contributed by atoms with Gasteiger partial charge in [0.05, 0.1) is 13.2 Å². The highest BCUT2D eigenvalue weighted by atomic mass is 16.5. The third-order valence-corrected chi connectivity index (χ3v) is 2.56. The van der Waals surface area contributed by atoms with Crippen molar-refractivity contribution in [1.29, 1.82) is 0 Å². The summed E-state index contributed by atoms with van der Waals surface area (Å²) in [6.45, 7) is 4.25. The summed E-state index contributed by atoms with van der Waals surface area (Å²) in [7, 11) is 1.55. The van der Waals surface area contributed by atoms with Gasteiger partial charge in [-0.05, 0) is 6.92 Å². The first kappa shape index (κ1) is 12.0. The first-order chi connectivity index (χ1) is 7.03. The molecule has 1 saturated heterocycles. The van der Waals surface area contributed by atoms with Crippen LogP contribution in [0.3, 0.4) is 0 Å². The second-order valence-electron chi connectivity index (χ2n) is 4.02. The van der Waals surface area contributed by atoms with Gasteiger partial charge in [0.25, 0.3) is 0 Å². The molecule has 0 spiro atoms. The van der Waals surface area contributed by atoms with E-state index in [0.717, 1.165) is 0 Å². The maximum Gasteiger partial charge on any atom is 0.329 e. The quantitative estimate of drug-likeness (QED) is 0.675. The van der Waals surface area contributed by atoms with Gasteiger partial charge in [-0.25, -0.2) is 4.79 Å². The van der Waals surface area contributed by atoms with E-state index in [2.05, 4.69) is 5.32 Å². The summed E-state index contributed by atoms with van der Waals surface area (Å²) in [4.78, 5) is 22.9. The standard InChI is InChI=1S/C10H17NO4/c1-4-15-9(13)8-10(2,6-14-3)5-7(12)11-8/h8H,4-6H2,1-3H3,(H,11,12). The fourth-order valence-electron chi connectivity index (χ4n) is 1.89. The van der Waals surface area contributed by atoms with Gasteiger partial charge in [-0.1, -0.05) is 6.92 Å². The summed E-state index contributed by atoms with van der Waals surface area (Å²) in [5.74, 6) is -0.518. The molecule has 1 rings (SSSR count). The highest BCUT2D eigenvalue weighted by molar-refractivity contribution is 5.89. The minimum Gasteiger partial charge on any atom is -0.464 e. The molecule has 15 heavy (non-hydrogen) atoms. The van der Waals surface area contributed by atoms with Gasteiger partial charge in [0.15, 0.2) is 0 Å². The Morgan fingerprint density at radius 2 is 2.33 bits per heavy atom. The van der Waals surface area contributed by atoms with Gasteiger partial charge in [-0.2, -0.15) is 0 Å². The molecule has 0 bridgehead atoms. The van der Waals surface area contributed by atoms with Crippen LogP contribution in [0.25, 0.3) is 0 Å². The van der Waals surface area contributed by atoms with Crippen molar-refractivity contribution in [3.63, 3.8) is 0 Å². The third-order valence-electron chi connectivity index (χ3n) is 2.56. The van der Waals surface area contributed by atoms with E-state index in [4.69, 9.17) is 9.47 Å². The van der Waals surface area contributed by atoms with Crippen LogP contribution in [0.15, 0.2) is 0 Å². The molecule has 5 nitrogen and oxygen atoms in total. The monoisotopic (exact) mass is 215 g/mol. The van der Waals surface area contributed by atoms with Crippen LogP contribution in [0.4, 0.5) is 0 Å². The van der Waals surface area contributed by atoms with Gasteiger partial charge in [0.1, 0.15) is 6.04 Å². The van der Waals surface area contributed by atoms with E-state index in [1.54, 1.807) is 14.0 Å². The van der Waals surface area contributed by atoms with Crippen LogP contribution in [0.2, 0.25) is 0 Å². The van der Waals surface area contributed by atoms with Crippen molar-refractivity contribution >= 4 is 11.9 Å². The van der Waals surface area contributed by atoms with Gasteiger partial charge in [0, 0.05) is 18.9 Å². The van der Waals surface area contributed by atoms with Gasteiger partial charge in [-0.15, -0.1) is 0 Å². The fraction of sp³-hybridized carbons (Fsp3) is 0.800. The zero-order chi connectivity index (χ0) is 11.5. The normalized spacial score (nSPS) is 30.1. The second-order valence-corrected chi connectivity index (χ2v) is 4.02. The van der Waals surface area contributed by atoms with Crippen LogP contribution in [0.5, 0.6) is 0 Å². The molecule has 1 fully saturated rings. The smallest absolute Gasteiger partial charge is 0.329 e. The summed E-state index contributed by atoms with van der Waals surface area (Å²) >= 11 is 0. The molecular formula is C10H17NO4. The minimum absolute atomic E-state index is 0.132. The van der Waals surface area contributed by atoms with Crippen LogP contribution >= 0.6 is 0 Å². The van der Waals surface area contributed by atoms with Crippen LogP contribution < -0.4 is 5.32 Å². The Bertz CT molecular complexity index is 266. The Morgan fingerprint density at radius 1 is 1.67 bits per heavy atom. The molecule has 0 aromatic rings. The van der Waals surface area contributed by atoms with E-state index in [9.17, 15) is 9.59 Å². The topological polar surface area (TPSA) is 64.6 Å². The number of esters is 1. The minimum atomic E-state index is -0.593. The maximum atomic E-state index is 11.6. The SMILES string of the molecule is CCOC(=O)C1NC(=O)CC1(C)COC. The van der Waals surface area contributed by atoms with Crippen molar-refractivity contribution < 1.29 is 19.1 Å². The highest BCUT2D eigenvalue weighted by Gasteiger charge is 2.48. The Hall–Kier alpha value is -1.10.